The van der Waals surface area contributed by atoms with Gasteiger partial charge in [-0.05, 0) is 30.3 Å². The first-order valence-corrected chi connectivity index (χ1v) is 7.99. The number of halogens is 6. The molecule has 0 aliphatic carbocycles. The molecule has 0 aromatic heterocycles. The number of hydrogen-bond acceptors (Lipinski definition) is 1. The molecule has 8 heteroatoms. The van der Waals surface area contributed by atoms with E-state index in [9.17, 15) is 25.2 Å². The quantitative estimate of drug-likeness (QED) is 0.424. The largest absolute Gasteiger partial charge is 1.00 e. The van der Waals surface area contributed by atoms with E-state index in [2.05, 4.69) is 67.6 Å². The maximum Gasteiger partial charge on any atom is 1.00 e. The van der Waals surface area contributed by atoms with E-state index >= 15 is 0 Å². The van der Waals surface area contributed by atoms with Crippen LogP contribution in [0.5, 0.6) is 0 Å². The van der Waals surface area contributed by atoms with Crippen molar-refractivity contribution in [3.63, 3.8) is 0 Å². The molecule has 1 unspecified atom stereocenters. The van der Waals surface area contributed by atoms with Crippen LogP contribution in [-0.4, -0.2) is 18.0 Å². The Hall–Kier alpha value is -1.49. The van der Waals surface area contributed by atoms with Crippen LogP contribution in [0.1, 0.15) is 13.9 Å². The first kappa shape index (κ1) is 17.6. The van der Waals surface area contributed by atoms with Gasteiger partial charge in [0.25, 0.3) is 0 Å². The van der Waals surface area contributed by atoms with Crippen LogP contribution in [0.3, 0.4) is 0 Å². The van der Waals surface area contributed by atoms with Gasteiger partial charge in [-0.15, -0.1) is 0 Å². The first-order chi connectivity index (χ1) is 9.24. The van der Waals surface area contributed by atoms with Crippen molar-refractivity contribution in [2.45, 2.75) is 13.0 Å². The summed E-state index contributed by atoms with van der Waals surface area (Å²) in [7, 11) is -8.55. The molecule has 0 saturated heterocycles. The second-order valence-electron chi connectivity index (χ2n) is 4.63. The summed E-state index contributed by atoms with van der Waals surface area (Å²) in [5, 5.41) is 0. The molecule has 21 heavy (non-hydrogen) atoms. The molecule has 1 aliphatic heterocycles. The van der Waals surface area contributed by atoms with Gasteiger partial charge in [0.05, 0.1) is 6.04 Å². The van der Waals surface area contributed by atoms with Crippen LogP contribution in [0.2, 0.25) is 0 Å². The van der Waals surface area contributed by atoms with E-state index in [4.69, 9.17) is 0 Å². The molecule has 0 radical (unpaired) electrons. The van der Waals surface area contributed by atoms with Gasteiger partial charge in [-0.25, -0.2) is 0 Å². The molecule has 1 aliphatic rings. The third kappa shape index (κ3) is 8.40. The zero-order chi connectivity index (χ0) is 16.4. The molecule has 0 spiro atoms. The Morgan fingerprint density at radius 1 is 1.00 bits per heavy atom. The fraction of sp³-hybridized carbons (Fsp3) is 0.231. The molecule has 120 valence electrons. The first-order valence-electron chi connectivity index (χ1n) is 5.96. The fourth-order valence-corrected chi connectivity index (χ4v) is 1.74. The second kappa shape index (κ2) is 5.05. The maximum atomic E-state index is 9.87. The minimum atomic E-state index is -10.7. The summed E-state index contributed by atoms with van der Waals surface area (Å²) in [6.45, 7) is 2.22. The van der Waals surface area contributed by atoms with E-state index in [0.717, 1.165) is 0 Å². The van der Waals surface area contributed by atoms with Crippen LogP contribution < -0.4 is 0 Å². The van der Waals surface area contributed by atoms with E-state index in [0.29, 0.717) is 6.04 Å². The summed E-state index contributed by atoms with van der Waals surface area (Å²) in [4.78, 5) is 2.22. The summed E-state index contributed by atoms with van der Waals surface area (Å²) in [5.74, 6) is 0. The normalized spacial score (nSPS) is 21.6. The van der Waals surface area contributed by atoms with Gasteiger partial charge >= 0.3 is 34.4 Å². The molecule has 1 aromatic carbocycles. The van der Waals surface area contributed by atoms with Crippen molar-refractivity contribution < 1.29 is 26.6 Å². The molecule has 2 rings (SSSR count). The Kier molecular flexibility index (Phi) is 4.23. The third-order valence-electron chi connectivity index (χ3n) is 2.77. The predicted molar refractivity (Wildman–Crippen MR) is 75.5 cm³/mol. The molecule has 0 N–H and O–H groups in total. The van der Waals surface area contributed by atoms with E-state index in [-0.39, 0.29) is 1.43 Å². The zero-order valence-electron chi connectivity index (χ0n) is 12.4. The smallest absolute Gasteiger partial charge is 1.00 e. The molecule has 0 amide bonds. The number of allylic oxidation sites excluding steroid dienone is 2. The molecule has 1 aromatic rings. The summed E-state index contributed by atoms with van der Waals surface area (Å²) >= 11 is 0. The molecule has 0 saturated carbocycles. The van der Waals surface area contributed by atoms with Gasteiger partial charge in [-0.2, -0.15) is 0 Å². The average molecular weight is 331 g/mol. The molecular weight excluding hydrogens is 315 g/mol. The van der Waals surface area contributed by atoms with Crippen LogP contribution in [-0.2, 0) is 0 Å². The van der Waals surface area contributed by atoms with E-state index in [1.54, 1.807) is 0 Å². The molecular formula is C13H16F6NP. The molecule has 1 nitrogen and oxygen atoms in total. The molecule has 1 heterocycles. The molecule has 1 atom stereocenters. The zero-order valence-corrected chi connectivity index (χ0v) is 12.3. The number of hydrogen-bond donors (Lipinski definition) is 0. The van der Waals surface area contributed by atoms with Crippen molar-refractivity contribution in [2.24, 2.45) is 0 Å². The topological polar surface area (TPSA) is 3.24 Å². The van der Waals surface area contributed by atoms with Crippen LogP contribution in [0.4, 0.5) is 25.2 Å². The number of likely N-dealkylation sites (N-methyl/N-ethyl adjacent to an activating group) is 1. The number of benzene rings is 1. The molecule has 0 bridgehead atoms. The van der Waals surface area contributed by atoms with Crippen molar-refractivity contribution in [1.29, 1.82) is 0 Å². The average Bonchev–Trinajstić information content (AvgIpc) is 2.30. The monoisotopic (exact) mass is 331 g/mol. The third-order valence-corrected chi connectivity index (χ3v) is 2.77. The van der Waals surface area contributed by atoms with Gasteiger partial charge in [-0.3, -0.25) is 0 Å². The van der Waals surface area contributed by atoms with Gasteiger partial charge < -0.3 is 4.90 Å². The van der Waals surface area contributed by atoms with Gasteiger partial charge in [0.1, 0.15) is 0 Å². The Bertz CT molecular complexity index is 541. The Labute approximate surface area is 120 Å². The Morgan fingerprint density at radius 2 is 1.48 bits per heavy atom. The predicted octanol–water partition coefficient (Wildman–Crippen LogP) is 6.41. The van der Waals surface area contributed by atoms with Crippen LogP contribution in [0.25, 0.3) is 5.57 Å². The van der Waals surface area contributed by atoms with Crippen molar-refractivity contribution >= 4 is 13.4 Å². The standard InChI is InChI=1S/C13H15N.F6P/c1-11-13(9-6-10-14(11)2)12-7-4-3-5-8-12;1-7(2,3,4,5)6/h3-11H,1-2H3;/q;-1/p+1. The minimum absolute atomic E-state index is 0. The Morgan fingerprint density at radius 3 is 1.95 bits per heavy atom. The number of nitrogens with zero attached hydrogens (tertiary/aromatic N) is 1. The fourth-order valence-electron chi connectivity index (χ4n) is 1.74. The van der Waals surface area contributed by atoms with Gasteiger partial charge in [0, 0.05) is 7.05 Å². The SMILES string of the molecule is CC1C(c2ccccc2)=CC=CN1C.F[P-](F)(F)(F)(F)F.[H+]. The summed E-state index contributed by atoms with van der Waals surface area (Å²) < 4.78 is 59.2. The van der Waals surface area contributed by atoms with Crippen molar-refractivity contribution in [3.8, 4) is 0 Å². The van der Waals surface area contributed by atoms with Gasteiger partial charge in [0.15, 0.2) is 0 Å². The summed E-state index contributed by atoms with van der Waals surface area (Å²) in [5.41, 5.74) is 2.70. The van der Waals surface area contributed by atoms with E-state index in [1.165, 1.54) is 11.1 Å². The van der Waals surface area contributed by atoms with Gasteiger partial charge in [-0.1, -0.05) is 36.4 Å². The Balaban J connectivity index is 0.000000478. The van der Waals surface area contributed by atoms with Crippen LogP contribution in [0, 0.1) is 0 Å². The number of rotatable bonds is 1. The maximum absolute atomic E-state index is 10.7. The molecule has 0 fully saturated rings. The van der Waals surface area contributed by atoms with E-state index < -0.39 is 7.81 Å². The summed E-state index contributed by atoms with van der Waals surface area (Å²) in [6.07, 6.45) is 6.40. The van der Waals surface area contributed by atoms with Crippen LogP contribution in [0.15, 0.2) is 48.7 Å². The van der Waals surface area contributed by atoms with E-state index in [1.807, 2.05) is 0 Å². The van der Waals surface area contributed by atoms with Crippen LogP contribution >= 0.6 is 7.81 Å². The van der Waals surface area contributed by atoms with Gasteiger partial charge in [0.2, 0.25) is 0 Å². The second-order valence-corrected chi connectivity index (χ2v) is 6.55. The minimum Gasteiger partial charge on any atom is 1.00 e. The summed E-state index contributed by atoms with van der Waals surface area (Å²) in [6, 6.07) is 11.0. The van der Waals surface area contributed by atoms with Crippen molar-refractivity contribution in [2.75, 3.05) is 7.05 Å². The van der Waals surface area contributed by atoms with Crippen molar-refractivity contribution in [1.82, 2.24) is 4.90 Å². The van der Waals surface area contributed by atoms with Crippen molar-refractivity contribution in [3.05, 3.63) is 54.2 Å².